The van der Waals surface area contributed by atoms with Crippen LogP contribution in [0, 0.1) is 23.3 Å². The molecule has 0 spiro atoms. The van der Waals surface area contributed by atoms with E-state index in [1.165, 1.54) is 16.8 Å². The SMILES string of the molecule is CN(C)CCc1nn(CCN(C)CCc2nn(C)c3cc(F)cc(F)c23)c2cc(F)cc(F)c12. The molecule has 0 saturated heterocycles. The summed E-state index contributed by atoms with van der Waals surface area (Å²) in [4.78, 5) is 4.00. The number of nitrogens with zero attached hydrogens (tertiary/aromatic N) is 6. The van der Waals surface area contributed by atoms with Gasteiger partial charge in [-0.05, 0) is 33.3 Å². The molecule has 0 aliphatic carbocycles. The molecule has 182 valence electrons. The molecular weight excluding hydrogens is 448 g/mol. The van der Waals surface area contributed by atoms with Crippen LogP contribution in [0.4, 0.5) is 17.6 Å². The van der Waals surface area contributed by atoms with Gasteiger partial charge in [-0.25, -0.2) is 17.6 Å². The lowest BCUT2D eigenvalue weighted by atomic mass is 10.1. The molecule has 4 aromatic rings. The Morgan fingerprint density at radius 3 is 1.94 bits per heavy atom. The number of fused-ring (bicyclic) bond motifs is 2. The van der Waals surface area contributed by atoms with Crippen LogP contribution in [-0.4, -0.2) is 70.1 Å². The minimum atomic E-state index is -0.640. The van der Waals surface area contributed by atoms with Crippen LogP contribution in [-0.2, 0) is 26.4 Å². The second-order valence-electron chi connectivity index (χ2n) is 8.91. The Hall–Kier alpha value is -2.98. The molecular formula is C24H28F4N6. The van der Waals surface area contributed by atoms with Crippen LogP contribution in [0.1, 0.15) is 11.4 Å². The van der Waals surface area contributed by atoms with E-state index in [-0.39, 0.29) is 0 Å². The molecule has 0 aliphatic rings. The lowest BCUT2D eigenvalue weighted by molar-refractivity contribution is 0.316. The fourth-order valence-corrected chi connectivity index (χ4v) is 4.21. The normalized spacial score (nSPS) is 12.2. The Bertz CT molecular complexity index is 1330. The smallest absolute Gasteiger partial charge is 0.137 e. The summed E-state index contributed by atoms with van der Waals surface area (Å²) in [6, 6.07) is 4.34. The lowest BCUT2D eigenvalue weighted by Gasteiger charge is -2.16. The van der Waals surface area contributed by atoms with Crippen molar-refractivity contribution in [3.8, 4) is 0 Å². The van der Waals surface area contributed by atoms with Gasteiger partial charge in [-0.3, -0.25) is 9.36 Å². The van der Waals surface area contributed by atoms with E-state index < -0.39 is 23.3 Å². The summed E-state index contributed by atoms with van der Waals surface area (Å²) in [5, 5.41) is 9.61. The maximum atomic E-state index is 14.6. The van der Waals surface area contributed by atoms with E-state index in [0.29, 0.717) is 72.2 Å². The first-order chi connectivity index (χ1) is 16.1. The Morgan fingerprint density at radius 1 is 0.735 bits per heavy atom. The zero-order chi connectivity index (χ0) is 24.6. The molecule has 6 nitrogen and oxygen atoms in total. The predicted molar refractivity (Wildman–Crippen MR) is 124 cm³/mol. The van der Waals surface area contributed by atoms with E-state index >= 15 is 0 Å². The summed E-state index contributed by atoms with van der Waals surface area (Å²) < 4.78 is 59.5. The average molecular weight is 477 g/mol. The van der Waals surface area contributed by atoms with E-state index in [4.69, 9.17) is 0 Å². The first-order valence-corrected chi connectivity index (χ1v) is 11.1. The van der Waals surface area contributed by atoms with E-state index in [9.17, 15) is 17.6 Å². The molecule has 34 heavy (non-hydrogen) atoms. The van der Waals surface area contributed by atoms with Gasteiger partial charge in [-0.2, -0.15) is 10.2 Å². The van der Waals surface area contributed by atoms with Crippen molar-refractivity contribution >= 4 is 21.8 Å². The monoisotopic (exact) mass is 476 g/mol. The van der Waals surface area contributed by atoms with Gasteiger partial charge in [0, 0.05) is 51.7 Å². The number of aryl methyl sites for hydroxylation is 1. The van der Waals surface area contributed by atoms with Crippen LogP contribution in [0.25, 0.3) is 21.8 Å². The van der Waals surface area contributed by atoms with Crippen LogP contribution in [0.2, 0.25) is 0 Å². The van der Waals surface area contributed by atoms with Crippen molar-refractivity contribution in [1.82, 2.24) is 29.4 Å². The van der Waals surface area contributed by atoms with Crippen LogP contribution < -0.4 is 0 Å². The molecule has 0 amide bonds. The molecule has 0 saturated carbocycles. The molecule has 0 atom stereocenters. The van der Waals surface area contributed by atoms with Gasteiger partial charge in [-0.15, -0.1) is 0 Å². The molecule has 4 rings (SSSR count). The largest absolute Gasteiger partial charge is 0.309 e. The third-order valence-electron chi connectivity index (χ3n) is 6.00. The molecule has 0 aliphatic heterocycles. The Morgan fingerprint density at radius 2 is 1.29 bits per heavy atom. The molecule has 0 fully saturated rings. The number of rotatable bonds is 9. The summed E-state index contributed by atoms with van der Waals surface area (Å²) in [7, 11) is 7.42. The minimum Gasteiger partial charge on any atom is -0.309 e. The molecule has 2 aromatic carbocycles. The van der Waals surface area contributed by atoms with Crippen molar-refractivity contribution in [3.05, 3.63) is 58.9 Å². The van der Waals surface area contributed by atoms with Gasteiger partial charge in [-0.1, -0.05) is 0 Å². The number of halogens is 4. The second kappa shape index (κ2) is 9.71. The number of hydrogen-bond donors (Lipinski definition) is 0. The van der Waals surface area contributed by atoms with E-state index in [2.05, 4.69) is 10.2 Å². The second-order valence-corrected chi connectivity index (χ2v) is 8.91. The lowest BCUT2D eigenvalue weighted by Crippen LogP contribution is -2.26. The van der Waals surface area contributed by atoms with Gasteiger partial charge in [0.2, 0.25) is 0 Å². The topological polar surface area (TPSA) is 42.1 Å². The highest BCUT2D eigenvalue weighted by Crippen LogP contribution is 2.25. The van der Waals surface area contributed by atoms with Gasteiger partial charge < -0.3 is 9.80 Å². The van der Waals surface area contributed by atoms with Crippen molar-refractivity contribution < 1.29 is 17.6 Å². The highest BCUT2D eigenvalue weighted by molar-refractivity contribution is 5.83. The summed E-state index contributed by atoms with van der Waals surface area (Å²) >= 11 is 0. The number of benzene rings is 2. The molecule has 2 aromatic heterocycles. The van der Waals surface area contributed by atoms with Crippen LogP contribution >= 0.6 is 0 Å². The maximum Gasteiger partial charge on any atom is 0.137 e. The van der Waals surface area contributed by atoms with Gasteiger partial charge >= 0.3 is 0 Å². The molecule has 0 bridgehead atoms. The minimum absolute atomic E-state index is 0.326. The van der Waals surface area contributed by atoms with Crippen molar-refractivity contribution in [1.29, 1.82) is 0 Å². The number of aromatic nitrogens is 4. The third-order valence-corrected chi connectivity index (χ3v) is 6.00. The quantitative estimate of drug-likeness (QED) is 0.345. The average Bonchev–Trinajstić information content (AvgIpc) is 3.26. The molecule has 0 N–H and O–H groups in total. The fourth-order valence-electron chi connectivity index (χ4n) is 4.21. The first-order valence-electron chi connectivity index (χ1n) is 11.1. The van der Waals surface area contributed by atoms with Gasteiger partial charge in [0.05, 0.1) is 39.7 Å². The molecule has 0 unspecified atom stereocenters. The molecule has 2 heterocycles. The standard InChI is InChI=1S/C24H28F4N6/c1-31(2)7-5-20-24-18(28)12-16(26)14-22(24)34(30-20)10-9-32(3)8-6-19-23-17(27)11-15(25)13-21(23)33(4)29-19/h11-14H,5-10H2,1-4H3. The van der Waals surface area contributed by atoms with Crippen molar-refractivity contribution in [2.24, 2.45) is 7.05 Å². The zero-order valence-corrected chi connectivity index (χ0v) is 19.7. The number of hydrogen-bond acceptors (Lipinski definition) is 4. The van der Waals surface area contributed by atoms with Crippen LogP contribution in [0.3, 0.4) is 0 Å². The Balaban J connectivity index is 1.48. The maximum absolute atomic E-state index is 14.6. The molecule has 0 radical (unpaired) electrons. The number of likely N-dealkylation sites (N-methyl/N-ethyl adjacent to an activating group) is 2. The van der Waals surface area contributed by atoms with E-state index in [0.717, 1.165) is 12.1 Å². The van der Waals surface area contributed by atoms with Crippen molar-refractivity contribution in [2.75, 3.05) is 40.8 Å². The highest BCUT2D eigenvalue weighted by atomic mass is 19.1. The van der Waals surface area contributed by atoms with Crippen molar-refractivity contribution in [2.45, 2.75) is 19.4 Å². The molecule has 10 heteroatoms. The summed E-state index contributed by atoms with van der Waals surface area (Å²) in [5.41, 5.74) is 2.00. The van der Waals surface area contributed by atoms with Gasteiger partial charge in [0.1, 0.15) is 23.3 Å². The summed E-state index contributed by atoms with van der Waals surface area (Å²) in [6.07, 6.45) is 1.02. The first kappa shape index (κ1) is 24.2. The zero-order valence-electron chi connectivity index (χ0n) is 19.7. The van der Waals surface area contributed by atoms with Crippen LogP contribution in [0.15, 0.2) is 24.3 Å². The third kappa shape index (κ3) is 4.92. The summed E-state index contributed by atoms with van der Waals surface area (Å²) in [5.74, 6) is -2.51. The predicted octanol–water partition coefficient (Wildman–Crippen LogP) is 3.76. The Labute approximate surface area is 195 Å². The van der Waals surface area contributed by atoms with Crippen molar-refractivity contribution in [3.63, 3.8) is 0 Å². The van der Waals surface area contributed by atoms with E-state index in [1.807, 2.05) is 30.9 Å². The van der Waals surface area contributed by atoms with Gasteiger partial charge in [0.25, 0.3) is 0 Å². The van der Waals surface area contributed by atoms with Gasteiger partial charge in [0.15, 0.2) is 0 Å². The van der Waals surface area contributed by atoms with E-state index in [1.54, 1.807) is 11.7 Å². The Kier molecular flexibility index (Phi) is 6.90. The fraction of sp³-hybridized carbons (Fsp3) is 0.417. The van der Waals surface area contributed by atoms with Crippen LogP contribution in [0.5, 0.6) is 0 Å². The highest BCUT2D eigenvalue weighted by Gasteiger charge is 2.18. The summed E-state index contributed by atoms with van der Waals surface area (Å²) in [6.45, 7) is 2.25.